The summed E-state index contributed by atoms with van der Waals surface area (Å²) in [5, 5.41) is 0. The van der Waals surface area contributed by atoms with Crippen molar-refractivity contribution < 1.29 is 13.2 Å². The third-order valence-corrected chi connectivity index (χ3v) is 2.19. The fourth-order valence-electron chi connectivity index (χ4n) is 0.582. The Kier molecular flexibility index (Phi) is 3.22. The van der Waals surface area contributed by atoms with Crippen molar-refractivity contribution in [1.29, 1.82) is 0 Å². The number of hydrogen-bond acceptors (Lipinski definition) is 2. The summed E-state index contributed by atoms with van der Waals surface area (Å²) in [6.07, 6.45) is 2.70. The molecule has 0 radical (unpaired) electrons. The second kappa shape index (κ2) is 3.82. The average Bonchev–Trinajstić information content (AvgIpc) is 1.82. The molecule has 1 aromatic rings. The SMILES string of the molecule is FC(F)(F)Sc1cncc(I)c1. The Bertz CT molecular complexity index is 276. The Morgan fingerprint density at radius 1 is 1.33 bits per heavy atom. The molecule has 0 aliphatic carbocycles. The minimum atomic E-state index is -4.23. The molecule has 0 aromatic carbocycles. The standard InChI is InChI=1S/C6H3F3INS/c7-6(8,9)12-5-1-4(10)2-11-3-5/h1-3H. The van der Waals surface area contributed by atoms with Gasteiger partial charge < -0.3 is 0 Å². The number of pyridine rings is 1. The van der Waals surface area contributed by atoms with Crippen LogP contribution in [0.4, 0.5) is 13.2 Å². The zero-order chi connectivity index (χ0) is 9.19. The van der Waals surface area contributed by atoms with Gasteiger partial charge >= 0.3 is 5.51 Å². The molecule has 1 aromatic heterocycles. The summed E-state index contributed by atoms with van der Waals surface area (Å²) in [6, 6.07) is 1.44. The van der Waals surface area contributed by atoms with Gasteiger partial charge in [-0.05, 0) is 40.4 Å². The summed E-state index contributed by atoms with van der Waals surface area (Å²) in [5.74, 6) is 0. The predicted octanol–water partition coefficient (Wildman–Crippen LogP) is 3.30. The van der Waals surface area contributed by atoms with Crippen LogP contribution in [0.5, 0.6) is 0 Å². The summed E-state index contributed by atoms with van der Waals surface area (Å²) < 4.78 is 36.1. The summed E-state index contributed by atoms with van der Waals surface area (Å²) >= 11 is 1.76. The van der Waals surface area contributed by atoms with Gasteiger partial charge in [0.25, 0.3) is 0 Å². The van der Waals surface area contributed by atoms with E-state index in [1.54, 1.807) is 0 Å². The molecular formula is C6H3F3INS. The van der Waals surface area contributed by atoms with Gasteiger partial charge in [0.1, 0.15) is 0 Å². The maximum atomic E-state index is 11.8. The second-order valence-electron chi connectivity index (χ2n) is 1.89. The smallest absolute Gasteiger partial charge is 0.262 e. The summed E-state index contributed by atoms with van der Waals surface area (Å²) in [7, 11) is 0. The third kappa shape index (κ3) is 3.61. The first-order valence-corrected chi connectivity index (χ1v) is 4.73. The number of alkyl halides is 3. The van der Waals surface area contributed by atoms with Gasteiger partial charge in [-0.15, -0.1) is 0 Å². The molecule has 1 heterocycles. The molecule has 0 unspecified atom stereocenters. The minimum absolute atomic E-state index is 0.120. The van der Waals surface area contributed by atoms with Crippen LogP contribution in [0.3, 0.4) is 0 Å². The minimum Gasteiger partial charge on any atom is -0.262 e. The fraction of sp³-hybridized carbons (Fsp3) is 0.167. The second-order valence-corrected chi connectivity index (χ2v) is 4.27. The van der Waals surface area contributed by atoms with Crippen molar-refractivity contribution in [2.75, 3.05) is 0 Å². The molecule has 0 fully saturated rings. The lowest BCUT2D eigenvalue weighted by Gasteiger charge is -2.04. The van der Waals surface area contributed by atoms with Crippen LogP contribution < -0.4 is 0 Å². The van der Waals surface area contributed by atoms with Crippen molar-refractivity contribution >= 4 is 34.4 Å². The van der Waals surface area contributed by atoms with Crippen LogP contribution in [0.2, 0.25) is 0 Å². The van der Waals surface area contributed by atoms with E-state index in [0.29, 0.717) is 3.57 Å². The summed E-state index contributed by atoms with van der Waals surface area (Å²) in [4.78, 5) is 3.76. The highest BCUT2D eigenvalue weighted by Crippen LogP contribution is 2.36. The molecular weight excluding hydrogens is 302 g/mol. The van der Waals surface area contributed by atoms with Crippen LogP contribution in [-0.2, 0) is 0 Å². The van der Waals surface area contributed by atoms with Gasteiger partial charge in [0.05, 0.1) is 0 Å². The van der Waals surface area contributed by atoms with Crippen LogP contribution in [0.1, 0.15) is 0 Å². The van der Waals surface area contributed by atoms with Crippen molar-refractivity contribution in [2.45, 2.75) is 10.4 Å². The fourth-order valence-corrected chi connectivity index (χ4v) is 1.86. The number of thioether (sulfide) groups is 1. The summed E-state index contributed by atoms with van der Waals surface area (Å²) in [6.45, 7) is 0. The molecule has 0 aliphatic rings. The van der Waals surface area contributed by atoms with Gasteiger partial charge in [-0.2, -0.15) is 13.2 Å². The van der Waals surface area contributed by atoms with Gasteiger partial charge in [0, 0.05) is 20.9 Å². The summed E-state index contributed by atoms with van der Waals surface area (Å²) in [5.41, 5.74) is -4.23. The number of hydrogen-bond donors (Lipinski definition) is 0. The molecule has 0 atom stereocenters. The Morgan fingerprint density at radius 2 is 2.00 bits per heavy atom. The maximum Gasteiger partial charge on any atom is 0.446 e. The Balaban J connectivity index is 2.77. The third-order valence-electron chi connectivity index (χ3n) is 0.913. The van der Waals surface area contributed by atoms with Crippen molar-refractivity contribution in [3.8, 4) is 0 Å². The monoisotopic (exact) mass is 305 g/mol. The molecule has 1 nitrogen and oxygen atoms in total. The highest BCUT2D eigenvalue weighted by atomic mass is 127. The van der Waals surface area contributed by atoms with Crippen molar-refractivity contribution in [3.05, 3.63) is 22.0 Å². The van der Waals surface area contributed by atoms with Crippen LogP contribution in [0.25, 0.3) is 0 Å². The largest absolute Gasteiger partial charge is 0.446 e. The number of nitrogens with zero attached hydrogens (tertiary/aromatic N) is 1. The first-order valence-electron chi connectivity index (χ1n) is 2.84. The first-order chi connectivity index (χ1) is 5.47. The van der Waals surface area contributed by atoms with Crippen molar-refractivity contribution in [1.82, 2.24) is 4.98 Å². The maximum absolute atomic E-state index is 11.8. The molecule has 6 heteroatoms. The lowest BCUT2D eigenvalue weighted by Crippen LogP contribution is -1.99. The highest BCUT2D eigenvalue weighted by molar-refractivity contribution is 14.1. The van der Waals surface area contributed by atoms with E-state index in [1.807, 2.05) is 22.6 Å². The molecule has 0 bridgehead atoms. The predicted molar refractivity (Wildman–Crippen MR) is 48.9 cm³/mol. The number of rotatable bonds is 1. The topological polar surface area (TPSA) is 12.9 Å². The molecule has 0 saturated carbocycles. The number of aromatic nitrogens is 1. The van der Waals surface area contributed by atoms with E-state index in [9.17, 15) is 13.2 Å². The van der Waals surface area contributed by atoms with E-state index < -0.39 is 5.51 Å². The first kappa shape index (κ1) is 10.1. The van der Waals surface area contributed by atoms with E-state index in [0.717, 1.165) is 0 Å². The quantitative estimate of drug-likeness (QED) is 0.583. The van der Waals surface area contributed by atoms with Crippen LogP contribution in [0.15, 0.2) is 23.4 Å². The van der Waals surface area contributed by atoms with E-state index in [4.69, 9.17) is 0 Å². The van der Waals surface area contributed by atoms with E-state index in [1.165, 1.54) is 18.5 Å². The molecule has 12 heavy (non-hydrogen) atoms. The number of halogens is 4. The van der Waals surface area contributed by atoms with Gasteiger partial charge in [0.15, 0.2) is 0 Å². The Hall–Kier alpha value is 0.0200. The van der Waals surface area contributed by atoms with Gasteiger partial charge in [0.2, 0.25) is 0 Å². The van der Waals surface area contributed by atoms with Crippen LogP contribution in [0, 0.1) is 3.57 Å². The molecule has 0 amide bonds. The van der Waals surface area contributed by atoms with Gasteiger partial charge in [-0.1, -0.05) is 0 Å². The Morgan fingerprint density at radius 3 is 2.50 bits per heavy atom. The van der Waals surface area contributed by atoms with Crippen LogP contribution >= 0.6 is 34.4 Å². The van der Waals surface area contributed by atoms with Gasteiger partial charge in [-0.25, -0.2) is 0 Å². The van der Waals surface area contributed by atoms with Gasteiger partial charge in [-0.3, -0.25) is 4.98 Å². The lowest BCUT2D eigenvalue weighted by molar-refractivity contribution is -0.0328. The normalized spacial score (nSPS) is 11.7. The molecule has 1 rings (SSSR count). The van der Waals surface area contributed by atoms with E-state index >= 15 is 0 Å². The highest BCUT2D eigenvalue weighted by Gasteiger charge is 2.29. The molecule has 0 aliphatic heterocycles. The lowest BCUT2D eigenvalue weighted by atomic mass is 10.5. The molecule has 66 valence electrons. The average molecular weight is 305 g/mol. The van der Waals surface area contributed by atoms with Crippen molar-refractivity contribution in [2.24, 2.45) is 0 Å². The zero-order valence-corrected chi connectivity index (χ0v) is 8.57. The molecule has 0 saturated heterocycles. The zero-order valence-electron chi connectivity index (χ0n) is 5.60. The van der Waals surface area contributed by atoms with E-state index in [2.05, 4.69) is 4.98 Å². The Labute approximate surface area is 84.9 Å². The van der Waals surface area contributed by atoms with Crippen molar-refractivity contribution in [3.63, 3.8) is 0 Å². The molecule has 0 N–H and O–H groups in total. The van der Waals surface area contributed by atoms with Crippen LogP contribution in [-0.4, -0.2) is 10.5 Å². The molecule has 0 spiro atoms. The van der Waals surface area contributed by atoms with E-state index in [-0.39, 0.29) is 16.7 Å².